The zero-order chi connectivity index (χ0) is 18.2. The van der Waals surface area contributed by atoms with Crippen LogP contribution in [-0.4, -0.2) is 22.8 Å². The number of hydrogen-bond acceptors (Lipinski definition) is 2. The van der Waals surface area contributed by atoms with Crippen LogP contribution in [0.4, 0.5) is 4.39 Å². The number of halogens is 2. The van der Waals surface area contributed by atoms with Crippen molar-refractivity contribution in [2.45, 2.75) is 19.6 Å². The third-order valence-electron chi connectivity index (χ3n) is 3.96. The van der Waals surface area contributed by atoms with Gasteiger partial charge in [0.2, 0.25) is 0 Å². The predicted octanol–water partition coefficient (Wildman–Crippen LogP) is 3.55. The number of aliphatic imine (C=N–C) groups is 1. The minimum atomic E-state index is -0.224. The highest BCUT2D eigenvalue weighted by Crippen LogP contribution is 2.06. The Balaban J connectivity index is 0.00000261. The summed E-state index contributed by atoms with van der Waals surface area (Å²) in [5.41, 5.74) is 2.86. The summed E-state index contributed by atoms with van der Waals surface area (Å²) in [5.74, 6) is 0.390. The fourth-order valence-electron chi connectivity index (χ4n) is 2.58. The fraction of sp³-hybridized carbons (Fsp3) is 0.200. The van der Waals surface area contributed by atoms with Crippen molar-refractivity contribution in [1.29, 1.82) is 0 Å². The van der Waals surface area contributed by atoms with E-state index in [1.54, 1.807) is 19.2 Å². The molecule has 2 aromatic carbocycles. The van der Waals surface area contributed by atoms with Gasteiger partial charge in [-0.2, -0.15) is 5.10 Å². The van der Waals surface area contributed by atoms with Gasteiger partial charge in [0.1, 0.15) is 5.82 Å². The molecule has 0 atom stereocenters. The number of hydrogen-bond donors (Lipinski definition) is 2. The van der Waals surface area contributed by atoms with Gasteiger partial charge >= 0.3 is 0 Å². The molecule has 2 N–H and O–H groups in total. The first kappa shape index (κ1) is 20.9. The molecule has 1 heterocycles. The minimum absolute atomic E-state index is 0. The quantitative estimate of drug-likeness (QED) is 0.323. The minimum Gasteiger partial charge on any atom is -0.352 e. The monoisotopic (exact) mass is 479 g/mol. The molecule has 0 bridgehead atoms. The summed E-state index contributed by atoms with van der Waals surface area (Å²) in [7, 11) is 1.69. The van der Waals surface area contributed by atoms with Crippen LogP contribution in [0.5, 0.6) is 0 Å². The van der Waals surface area contributed by atoms with Gasteiger partial charge in [-0.25, -0.2) is 4.39 Å². The van der Waals surface area contributed by atoms with Gasteiger partial charge in [-0.3, -0.25) is 9.67 Å². The zero-order valence-electron chi connectivity index (χ0n) is 15.1. The maximum absolute atomic E-state index is 13.7. The van der Waals surface area contributed by atoms with Gasteiger partial charge in [0.25, 0.3) is 0 Å². The van der Waals surface area contributed by atoms with E-state index in [4.69, 9.17) is 0 Å². The van der Waals surface area contributed by atoms with Crippen LogP contribution in [0.25, 0.3) is 0 Å². The van der Waals surface area contributed by atoms with E-state index in [0.717, 1.165) is 12.1 Å². The molecule has 27 heavy (non-hydrogen) atoms. The van der Waals surface area contributed by atoms with Gasteiger partial charge in [0, 0.05) is 37.5 Å². The average molecular weight is 479 g/mol. The van der Waals surface area contributed by atoms with Gasteiger partial charge in [-0.1, -0.05) is 48.5 Å². The van der Waals surface area contributed by atoms with Crippen LogP contribution in [0.2, 0.25) is 0 Å². The Morgan fingerprint density at radius 3 is 2.44 bits per heavy atom. The Hall–Kier alpha value is -2.42. The van der Waals surface area contributed by atoms with Crippen molar-refractivity contribution in [3.05, 3.63) is 89.5 Å². The van der Waals surface area contributed by atoms with Crippen LogP contribution in [0.1, 0.15) is 16.7 Å². The highest BCUT2D eigenvalue weighted by molar-refractivity contribution is 14.0. The Bertz CT molecular complexity index is 864. The second-order valence-electron chi connectivity index (χ2n) is 5.90. The van der Waals surface area contributed by atoms with Crippen LogP contribution < -0.4 is 10.6 Å². The molecular weight excluding hydrogens is 456 g/mol. The average Bonchev–Trinajstić information content (AvgIpc) is 3.11. The molecule has 0 aliphatic carbocycles. The third-order valence-corrected chi connectivity index (χ3v) is 3.96. The largest absolute Gasteiger partial charge is 0.352 e. The first-order chi connectivity index (χ1) is 12.7. The summed E-state index contributed by atoms with van der Waals surface area (Å²) in [4.78, 5) is 4.17. The molecule has 0 unspecified atom stereocenters. The maximum Gasteiger partial charge on any atom is 0.191 e. The Labute approximate surface area is 175 Å². The molecule has 0 saturated carbocycles. The SMILES string of the molecule is CN=C(NCc1cnn(Cc2ccccc2)c1)NCc1ccccc1F.I. The number of guanidine groups is 1. The Kier molecular flexibility index (Phi) is 8.25. The highest BCUT2D eigenvalue weighted by Gasteiger charge is 2.04. The summed E-state index contributed by atoms with van der Waals surface area (Å²) in [6.07, 6.45) is 3.84. The highest BCUT2D eigenvalue weighted by atomic mass is 127. The molecule has 1 aromatic heterocycles. The molecule has 0 aliphatic rings. The standard InChI is InChI=1S/C20H22FN5.HI/c1-22-20(24-13-18-9-5-6-10-19(18)21)23-11-17-12-25-26(15-17)14-16-7-3-2-4-8-16;/h2-10,12,15H,11,13-14H2,1H3,(H2,22,23,24);1H. The topological polar surface area (TPSA) is 54.2 Å². The van der Waals surface area contributed by atoms with Crippen LogP contribution in [-0.2, 0) is 19.6 Å². The van der Waals surface area contributed by atoms with Crippen LogP contribution in [0.3, 0.4) is 0 Å². The summed E-state index contributed by atoms with van der Waals surface area (Å²) in [5, 5.41) is 10.7. The van der Waals surface area contributed by atoms with E-state index in [0.29, 0.717) is 24.6 Å². The predicted molar refractivity (Wildman–Crippen MR) is 117 cm³/mol. The maximum atomic E-state index is 13.7. The number of nitrogens with zero attached hydrogens (tertiary/aromatic N) is 3. The first-order valence-electron chi connectivity index (χ1n) is 8.48. The van der Waals surface area contributed by atoms with Crippen molar-refractivity contribution in [1.82, 2.24) is 20.4 Å². The van der Waals surface area contributed by atoms with Gasteiger partial charge in [-0.05, 0) is 11.6 Å². The van der Waals surface area contributed by atoms with Crippen molar-refractivity contribution in [3.63, 3.8) is 0 Å². The van der Waals surface area contributed by atoms with Crippen LogP contribution in [0, 0.1) is 5.82 Å². The van der Waals surface area contributed by atoms with Gasteiger partial charge in [-0.15, -0.1) is 24.0 Å². The van der Waals surface area contributed by atoms with E-state index in [1.165, 1.54) is 11.6 Å². The molecule has 0 aliphatic heterocycles. The van der Waals surface area contributed by atoms with E-state index >= 15 is 0 Å². The van der Waals surface area contributed by atoms with Crippen LogP contribution in [0.15, 0.2) is 72.0 Å². The van der Waals surface area contributed by atoms with Crippen molar-refractivity contribution in [3.8, 4) is 0 Å². The lowest BCUT2D eigenvalue weighted by Gasteiger charge is -2.11. The van der Waals surface area contributed by atoms with E-state index in [9.17, 15) is 4.39 Å². The fourth-order valence-corrected chi connectivity index (χ4v) is 2.58. The number of benzene rings is 2. The number of aromatic nitrogens is 2. The first-order valence-corrected chi connectivity index (χ1v) is 8.48. The molecule has 142 valence electrons. The second-order valence-corrected chi connectivity index (χ2v) is 5.90. The molecule has 3 aromatic rings. The lowest BCUT2D eigenvalue weighted by atomic mass is 10.2. The number of rotatable bonds is 6. The van der Waals surface area contributed by atoms with Gasteiger partial charge < -0.3 is 10.6 Å². The van der Waals surface area contributed by atoms with Crippen LogP contribution >= 0.6 is 24.0 Å². The van der Waals surface area contributed by atoms with E-state index in [2.05, 4.69) is 32.9 Å². The molecule has 3 rings (SSSR count). The third kappa shape index (κ3) is 6.35. The lowest BCUT2D eigenvalue weighted by molar-refractivity contribution is 0.604. The Morgan fingerprint density at radius 2 is 1.70 bits per heavy atom. The smallest absolute Gasteiger partial charge is 0.191 e. The molecule has 7 heteroatoms. The van der Waals surface area contributed by atoms with E-state index in [1.807, 2.05) is 41.3 Å². The summed E-state index contributed by atoms with van der Waals surface area (Å²) in [6.45, 7) is 1.70. The molecule has 0 radical (unpaired) electrons. The summed E-state index contributed by atoms with van der Waals surface area (Å²) >= 11 is 0. The Morgan fingerprint density at radius 1 is 1.00 bits per heavy atom. The van der Waals surface area contributed by atoms with Crippen molar-refractivity contribution in [2.75, 3.05) is 7.05 Å². The molecule has 0 saturated heterocycles. The molecule has 0 fully saturated rings. The molecule has 5 nitrogen and oxygen atoms in total. The molecule has 0 spiro atoms. The normalized spacial score (nSPS) is 11.0. The van der Waals surface area contributed by atoms with E-state index < -0.39 is 0 Å². The lowest BCUT2D eigenvalue weighted by Crippen LogP contribution is -2.36. The summed E-state index contributed by atoms with van der Waals surface area (Å²) in [6, 6.07) is 16.9. The van der Waals surface area contributed by atoms with Crippen molar-refractivity contribution in [2.24, 2.45) is 4.99 Å². The number of nitrogens with one attached hydrogen (secondary N) is 2. The van der Waals surface area contributed by atoms with Crippen molar-refractivity contribution < 1.29 is 4.39 Å². The zero-order valence-corrected chi connectivity index (χ0v) is 17.4. The molecular formula is C20H23FIN5. The van der Waals surface area contributed by atoms with Crippen molar-refractivity contribution >= 4 is 29.9 Å². The van der Waals surface area contributed by atoms with Gasteiger partial charge in [0.05, 0.1) is 12.7 Å². The van der Waals surface area contributed by atoms with Gasteiger partial charge in [0.15, 0.2) is 5.96 Å². The summed E-state index contributed by atoms with van der Waals surface area (Å²) < 4.78 is 15.6. The molecule has 0 amide bonds. The van der Waals surface area contributed by atoms with E-state index in [-0.39, 0.29) is 29.8 Å². The second kappa shape index (κ2) is 10.7.